The second-order valence-electron chi connectivity index (χ2n) is 8.95. The molecule has 2 aromatic rings. The Bertz CT molecular complexity index is 1140. The largest absolute Gasteiger partial charge is 0.508 e. The lowest BCUT2D eigenvalue weighted by Crippen LogP contribution is -2.67. The zero-order valence-corrected chi connectivity index (χ0v) is 21.6. The maximum Gasteiger partial charge on any atom is 0.508 e. The SMILES string of the molecule is CCOC(=O)OC[C@H]1O[C@](O)(Oc2nn(C(C)C)c(C)c2Cc2ccc(OC)c(F)c2F)[C@H](O)[C@@H](O)[C@@H]1O. The predicted octanol–water partition coefficient (Wildman–Crippen LogP) is 1.33. The molecule has 1 fully saturated rings. The van der Waals surface area contributed by atoms with Gasteiger partial charge in [0.2, 0.25) is 11.7 Å². The molecule has 2 heterocycles. The van der Waals surface area contributed by atoms with Crippen molar-refractivity contribution in [2.24, 2.45) is 0 Å². The van der Waals surface area contributed by atoms with Gasteiger partial charge in [-0.2, -0.15) is 4.39 Å². The molecule has 0 saturated carbocycles. The highest BCUT2D eigenvalue weighted by molar-refractivity contribution is 5.59. The van der Waals surface area contributed by atoms with Gasteiger partial charge in [0.15, 0.2) is 17.7 Å². The van der Waals surface area contributed by atoms with Crippen LogP contribution in [0, 0.1) is 18.6 Å². The lowest BCUT2D eigenvalue weighted by atomic mass is 9.97. The number of hydrogen-bond acceptors (Lipinski definition) is 11. The van der Waals surface area contributed by atoms with Crippen LogP contribution in [0.1, 0.15) is 43.6 Å². The molecule has 1 aromatic heterocycles. The number of benzene rings is 1. The van der Waals surface area contributed by atoms with Crippen LogP contribution < -0.4 is 9.47 Å². The third kappa shape index (κ3) is 5.83. The van der Waals surface area contributed by atoms with Crippen LogP contribution in [0.5, 0.6) is 11.6 Å². The first-order chi connectivity index (χ1) is 17.8. The van der Waals surface area contributed by atoms with E-state index in [0.29, 0.717) is 5.69 Å². The monoisotopic (exact) mass is 546 g/mol. The van der Waals surface area contributed by atoms with Crippen LogP contribution in [0.4, 0.5) is 13.6 Å². The van der Waals surface area contributed by atoms with Gasteiger partial charge in [0.25, 0.3) is 0 Å². The van der Waals surface area contributed by atoms with Gasteiger partial charge in [0.1, 0.15) is 24.9 Å². The smallest absolute Gasteiger partial charge is 0.494 e. The van der Waals surface area contributed by atoms with Crippen molar-refractivity contribution in [3.05, 3.63) is 40.6 Å². The Morgan fingerprint density at radius 1 is 1.18 bits per heavy atom. The van der Waals surface area contributed by atoms with Crippen molar-refractivity contribution in [3.63, 3.8) is 0 Å². The molecule has 0 radical (unpaired) electrons. The van der Waals surface area contributed by atoms with Crippen LogP contribution >= 0.6 is 0 Å². The number of ether oxygens (including phenoxy) is 5. The van der Waals surface area contributed by atoms with E-state index < -0.39 is 54.8 Å². The summed E-state index contributed by atoms with van der Waals surface area (Å²) in [6.45, 7) is 6.12. The highest BCUT2D eigenvalue weighted by Crippen LogP contribution is 2.35. The van der Waals surface area contributed by atoms with E-state index in [4.69, 9.17) is 18.9 Å². The number of methoxy groups -OCH3 is 1. The summed E-state index contributed by atoms with van der Waals surface area (Å²) in [5, 5.41) is 46.5. The summed E-state index contributed by atoms with van der Waals surface area (Å²) >= 11 is 0. The Morgan fingerprint density at radius 3 is 2.47 bits per heavy atom. The molecular weight excluding hydrogens is 514 g/mol. The zero-order valence-electron chi connectivity index (χ0n) is 21.6. The molecule has 1 aliphatic heterocycles. The number of hydrogen-bond donors (Lipinski definition) is 4. The van der Waals surface area contributed by atoms with Gasteiger partial charge in [-0.15, -0.1) is 5.10 Å². The third-order valence-corrected chi connectivity index (χ3v) is 6.06. The third-order valence-electron chi connectivity index (χ3n) is 6.06. The van der Waals surface area contributed by atoms with Gasteiger partial charge in [-0.25, -0.2) is 9.18 Å². The van der Waals surface area contributed by atoms with Crippen LogP contribution in [0.25, 0.3) is 0 Å². The van der Waals surface area contributed by atoms with Gasteiger partial charge in [-0.3, -0.25) is 4.68 Å². The van der Waals surface area contributed by atoms with Crippen LogP contribution in [0.2, 0.25) is 0 Å². The summed E-state index contributed by atoms with van der Waals surface area (Å²) in [6, 6.07) is 2.34. The molecular formula is C24H32F2N2O10. The summed E-state index contributed by atoms with van der Waals surface area (Å²) < 4.78 is 55.7. The van der Waals surface area contributed by atoms with Crippen molar-refractivity contribution < 1.29 is 57.7 Å². The molecule has 0 unspecified atom stereocenters. The minimum atomic E-state index is -2.98. The number of rotatable bonds is 9. The minimum Gasteiger partial charge on any atom is -0.494 e. The average Bonchev–Trinajstić information content (AvgIpc) is 3.17. The molecule has 14 heteroatoms. The normalized spacial score (nSPS) is 25.4. The van der Waals surface area contributed by atoms with E-state index in [1.807, 2.05) is 0 Å². The van der Waals surface area contributed by atoms with Crippen molar-refractivity contribution in [3.8, 4) is 11.6 Å². The lowest BCUT2D eigenvalue weighted by Gasteiger charge is -2.44. The van der Waals surface area contributed by atoms with Gasteiger partial charge in [0, 0.05) is 23.7 Å². The van der Waals surface area contributed by atoms with Crippen LogP contribution in [0.3, 0.4) is 0 Å². The second kappa shape index (κ2) is 11.8. The molecule has 3 rings (SSSR count). The average molecular weight is 547 g/mol. The standard InChI is InChI=1S/C24H32F2N2O10/c1-6-35-23(32)36-10-16-19(29)20(30)21(31)24(33,37-16)38-22-14(12(4)28(27-22)11(2)3)9-13-7-8-15(34-5)18(26)17(13)25/h7-8,11,16,19-21,29-31,33H,6,9-10H2,1-5H3/t16-,19-,20+,21-,24+/m1/s1. The maximum absolute atomic E-state index is 14.8. The van der Waals surface area contributed by atoms with E-state index in [2.05, 4.69) is 9.84 Å². The van der Waals surface area contributed by atoms with Gasteiger partial charge in [-0.05, 0) is 39.3 Å². The fourth-order valence-electron chi connectivity index (χ4n) is 4.01. The predicted molar refractivity (Wildman–Crippen MR) is 125 cm³/mol. The van der Waals surface area contributed by atoms with Gasteiger partial charge in [0.05, 0.1) is 13.7 Å². The summed E-state index contributed by atoms with van der Waals surface area (Å²) in [7, 11) is 1.20. The topological polar surface area (TPSA) is 162 Å². The van der Waals surface area contributed by atoms with Gasteiger partial charge >= 0.3 is 12.1 Å². The van der Waals surface area contributed by atoms with E-state index in [-0.39, 0.29) is 41.8 Å². The van der Waals surface area contributed by atoms with Crippen LogP contribution in [-0.2, 0) is 20.6 Å². The zero-order chi connectivity index (χ0) is 28.4. The Labute approximate surface area is 217 Å². The Morgan fingerprint density at radius 2 is 1.87 bits per heavy atom. The van der Waals surface area contributed by atoms with Crippen LogP contribution in [-0.4, -0.2) is 87.1 Å². The van der Waals surface area contributed by atoms with Crippen molar-refractivity contribution in [1.29, 1.82) is 0 Å². The summed E-state index contributed by atoms with van der Waals surface area (Å²) in [5.41, 5.74) is 0.612. The Balaban J connectivity index is 1.96. The summed E-state index contributed by atoms with van der Waals surface area (Å²) in [5.74, 6) is -5.93. The van der Waals surface area contributed by atoms with Crippen LogP contribution in [0.15, 0.2) is 12.1 Å². The lowest BCUT2D eigenvalue weighted by molar-refractivity contribution is -0.423. The molecule has 0 spiro atoms. The van der Waals surface area contributed by atoms with E-state index >= 15 is 0 Å². The fourth-order valence-corrected chi connectivity index (χ4v) is 4.01. The molecule has 212 valence electrons. The van der Waals surface area contributed by atoms with Crippen molar-refractivity contribution >= 4 is 6.16 Å². The van der Waals surface area contributed by atoms with E-state index in [1.165, 1.54) is 23.9 Å². The minimum absolute atomic E-state index is 0.0145. The summed E-state index contributed by atoms with van der Waals surface area (Å²) in [6.07, 6.45) is -8.86. The van der Waals surface area contributed by atoms with Crippen molar-refractivity contribution in [1.82, 2.24) is 9.78 Å². The number of halogens is 2. The highest BCUT2D eigenvalue weighted by atomic mass is 19.2. The molecule has 1 aromatic carbocycles. The molecule has 38 heavy (non-hydrogen) atoms. The van der Waals surface area contributed by atoms with E-state index in [9.17, 15) is 34.0 Å². The molecule has 1 saturated heterocycles. The fraction of sp³-hybridized carbons (Fsp3) is 0.583. The first-order valence-electron chi connectivity index (χ1n) is 11.9. The van der Waals surface area contributed by atoms with Crippen molar-refractivity contribution in [2.75, 3.05) is 20.3 Å². The number of nitrogens with zero attached hydrogens (tertiary/aromatic N) is 2. The number of carbonyl (C=O) groups is 1. The number of aliphatic hydroxyl groups is 4. The molecule has 12 nitrogen and oxygen atoms in total. The van der Waals surface area contributed by atoms with Gasteiger partial charge in [-0.1, -0.05) is 6.07 Å². The van der Waals surface area contributed by atoms with E-state index in [0.717, 1.165) is 0 Å². The molecule has 0 bridgehead atoms. The summed E-state index contributed by atoms with van der Waals surface area (Å²) in [4.78, 5) is 11.5. The number of aromatic nitrogens is 2. The highest BCUT2D eigenvalue weighted by Gasteiger charge is 2.56. The molecule has 4 N–H and O–H groups in total. The number of carbonyl (C=O) groups excluding carboxylic acids is 1. The van der Waals surface area contributed by atoms with Crippen molar-refractivity contribution in [2.45, 2.75) is 70.5 Å². The Hall–Kier alpha value is -3.04. The molecule has 0 amide bonds. The molecule has 5 atom stereocenters. The first-order valence-corrected chi connectivity index (χ1v) is 11.9. The first kappa shape index (κ1) is 29.5. The Kier molecular flexibility index (Phi) is 9.15. The maximum atomic E-state index is 14.8. The van der Waals surface area contributed by atoms with E-state index in [1.54, 1.807) is 27.7 Å². The van der Waals surface area contributed by atoms with Gasteiger partial charge < -0.3 is 44.1 Å². The molecule has 0 aliphatic carbocycles. The molecule has 1 aliphatic rings. The number of aliphatic hydroxyl groups excluding tert-OH is 3. The second-order valence-corrected chi connectivity index (χ2v) is 8.95. The quantitative estimate of drug-likeness (QED) is 0.265.